The molecule has 15 heavy (non-hydrogen) atoms. The highest BCUT2D eigenvalue weighted by Crippen LogP contribution is 2.18. The molecule has 0 amide bonds. The summed E-state index contributed by atoms with van der Waals surface area (Å²) in [5, 5.41) is 10.2. The minimum atomic E-state index is 0.225. The van der Waals surface area contributed by atoms with Crippen molar-refractivity contribution in [2.45, 2.75) is 13.3 Å². The Labute approximate surface area is 89.6 Å². The fourth-order valence-electron chi connectivity index (χ4n) is 1.77. The lowest BCUT2D eigenvalue weighted by atomic mass is 9.99. The molecule has 1 aromatic heterocycles. The van der Waals surface area contributed by atoms with E-state index in [0.29, 0.717) is 0 Å². The zero-order chi connectivity index (χ0) is 10.7. The molecular weight excluding hydrogens is 186 g/mol. The molecule has 1 atom stereocenters. The van der Waals surface area contributed by atoms with Crippen LogP contribution in [0.5, 0.6) is 0 Å². The first-order valence-electron chi connectivity index (χ1n) is 5.24. The summed E-state index contributed by atoms with van der Waals surface area (Å²) >= 11 is 0. The first-order valence-corrected chi connectivity index (χ1v) is 5.24. The number of fused-ring (bicyclic) bond motifs is 1. The van der Waals surface area contributed by atoms with Crippen molar-refractivity contribution >= 4 is 10.9 Å². The number of hydrogen-bond donors (Lipinski definition) is 1. The van der Waals surface area contributed by atoms with Gasteiger partial charge >= 0.3 is 0 Å². The number of aliphatic hydroxyl groups is 1. The zero-order valence-corrected chi connectivity index (χ0v) is 8.85. The van der Waals surface area contributed by atoms with E-state index in [1.54, 1.807) is 0 Å². The molecule has 2 aromatic rings. The first kappa shape index (κ1) is 10.1. The van der Waals surface area contributed by atoms with Crippen molar-refractivity contribution in [2.75, 3.05) is 6.61 Å². The van der Waals surface area contributed by atoms with Crippen LogP contribution in [0.1, 0.15) is 12.5 Å². The smallest absolute Gasteiger partial charge is 0.0733 e. The molecule has 1 heterocycles. The third-order valence-corrected chi connectivity index (χ3v) is 2.60. The molecule has 0 fully saturated rings. The number of pyridine rings is 1. The lowest BCUT2D eigenvalue weighted by molar-refractivity contribution is 0.237. The molecular formula is C13H15NO. The van der Waals surface area contributed by atoms with E-state index in [4.69, 9.17) is 5.11 Å². The highest BCUT2D eigenvalue weighted by molar-refractivity contribution is 5.81. The van der Waals surface area contributed by atoms with E-state index in [-0.39, 0.29) is 12.5 Å². The molecule has 0 saturated carbocycles. The minimum Gasteiger partial charge on any atom is -0.396 e. The van der Waals surface area contributed by atoms with Crippen LogP contribution in [0.2, 0.25) is 0 Å². The molecule has 2 rings (SSSR count). The van der Waals surface area contributed by atoms with Crippen LogP contribution in [0, 0.1) is 5.92 Å². The fourth-order valence-corrected chi connectivity index (χ4v) is 1.77. The summed E-state index contributed by atoms with van der Waals surface area (Å²) in [4.78, 5) is 4.39. The number of aliphatic hydroxyl groups excluding tert-OH is 1. The van der Waals surface area contributed by atoms with Gasteiger partial charge in [0.15, 0.2) is 0 Å². The van der Waals surface area contributed by atoms with Crippen LogP contribution in [-0.2, 0) is 6.42 Å². The van der Waals surface area contributed by atoms with E-state index in [2.05, 4.69) is 23.2 Å². The predicted octanol–water partition coefficient (Wildman–Crippen LogP) is 2.41. The number of hydrogen-bond acceptors (Lipinski definition) is 2. The molecule has 0 aliphatic heterocycles. The van der Waals surface area contributed by atoms with E-state index in [1.807, 2.05) is 25.3 Å². The van der Waals surface area contributed by atoms with Gasteiger partial charge in [-0.1, -0.05) is 31.2 Å². The minimum absolute atomic E-state index is 0.225. The monoisotopic (exact) mass is 201 g/mol. The summed E-state index contributed by atoms with van der Waals surface area (Å²) in [6, 6.07) is 10.2. The van der Waals surface area contributed by atoms with Gasteiger partial charge in [-0.2, -0.15) is 0 Å². The maximum atomic E-state index is 9.05. The predicted molar refractivity (Wildman–Crippen MR) is 61.7 cm³/mol. The van der Waals surface area contributed by atoms with Crippen LogP contribution in [-0.4, -0.2) is 16.7 Å². The molecule has 0 aliphatic rings. The Hall–Kier alpha value is -1.41. The second-order valence-corrected chi connectivity index (χ2v) is 3.98. The first-order chi connectivity index (χ1) is 7.31. The maximum absolute atomic E-state index is 9.05. The molecule has 78 valence electrons. The quantitative estimate of drug-likeness (QED) is 0.827. The summed E-state index contributed by atoms with van der Waals surface area (Å²) in [6.07, 6.45) is 2.69. The molecule has 0 saturated heterocycles. The van der Waals surface area contributed by atoms with Gasteiger partial charge in [0.1, 0.15) is 0 Å². The SMILES string of the molecule is CC(CO)Cc1cccc2cccnc12. The van der Waals surface area contributed by atoms with Gasteiger partial charge < -0.3 is 5.11 Å². The second-order valence-electron chi connectivity index (χ2n) is 3.98. The lowest BCUT2D eigenvalue weighted by Gasteiger charge is -2.09. The number of nitrogens with zero attached hydrogens (tertiary/aromatic N) is 1. The Bertz CT molecular complexity index is 448. The summed E-state index contributed by atoms with van der Waals surface area (Å²) in [5.74, 6) is 0.289. The average molecular weight is 201 g/mol. The van der Waals surface area contributed by atoms with E-state index in [1.165, 1.54) is 10.9 Å². The van der Waals surface area contributed by atoms with Crippen LogP contribution in [0.4, 0.5) is 0 Å². The van der Waals surface area contributed by atoms with E-state index >= 15 is 0 Å². The average Bonchev–Trinajstić information content (AvgIpc) is 2.29. The second kappa shape index (κ2) is 4.41. The molecule has 0 bridgehead atoms. The van der Waals surface area contributed by atoms with Gasteiger partial charge in [-0.05, 0) is 24.0 Å². The Kier molecular flexibility index (Phi) is 2.97. The van der Waals surface area contributed by atoms with E-state index < -0.39 is 0 Å². The van der Waals surface area contributed by atoms with Crippen LogP contribution in [0.15, 0.2) is 36.5 Å². The van der Waals surface area contributed by atoms with Crippen molar-refractivity contribution in [3.63, 3.8) is 0 Å². The van der Waals surface area contributed by atoms with Gasteiger partial charge in [0.25, 0.3) is 0 Å². The van der Waals surface area contributed by atoms with E-state index in [9.17, 15) is 0 Å². The highest BCUT2D eigenvalue weighted by atomic mass is 16.3. The third-order valence-electron chi connectivity index (χ3n) is 2.60. The standard InChI is InChI=1S/C13H15NO/c1-10(9-15)8-12-5-2-4-11-6-3-7-14-13(11)12/h2-7,10,15H,8-9H2,1H3. The Morgan fingerprint density at radius 3 is 2.87 bits per heavy atom. The van der Waals surface area contributed by atoms with Gasteiger partial charge in [-0.3, -0.25) is 4.98 Å². The van der Waals surface area contributed by atoms with Gasteiger partial charge in [-0.15, -0.1) is 0 Å². The van der Waals surface area contributed by atoms with Gasteiger partial charge in [0, 0.05) is 18.2 Å². The maximum Gasteiger partial charge on any atom is 0.0733 e. The number of benzene rings is 1. The van der Waals surface area contributed by atoms with Gasteiger partial charge in [0.05, 0.1) is 5.52 Å². The van der Waals surface area contributed by atoms with Crippen LogP contribution in [0.25, 0.3) is 10.9 Å². The number of para-hydroxylation sites is 1. The largest absolute Gasteiger partial charge is 0.396 e. The van der Waals surface area contributed by atoms with Gasteiger partial charge in [-0.25, -0.2) is 0 Å². The lowest BCUT2D eigenvalue weighted by Crippen LogP contribution is -2.05. The van der Waals surface area contributed by atoms with E-state index in [0.717, 1.165) is 11.9 Å². The van der Waals surface area contributed by atoms with Crippen LogP contribution in [0.3, 0.4) is 0 Å². The van der Waals surface area contributed by atoms with Crippen molar-refractivity contribution in [3.8, 4) is 0 Å². The summed E-state index contributed by atoms with van der Waals surface area (Å²) in [6.45, 7) is 2.27. The zero-order valence-electron chi connectivity index (χ0n) is 8.85. The fraction of sp³-hybridized carbons (Fsp3) is 0.308. The molecule has 0 aliphatic carbocycles. The molecule has 1 unspecified atom stereocenters. The summed E-state index contributed by atoms with van der Waals surface area (Å²) < 4.78 is 0. The molecule has 2 nitrogen and oxygen atoms in total. The Morgan fingerprint density at radius 2 is 2.07 bits per heavy atom. The molecule has 1 aromatic carbocycles. The Morgan fingerprint density at radius 1 is 1.27 bits per heavy atom. The molecule has 2 heteroatoms. The van der Waals surface area contributed by atoms with Crippen molar-refractivity contribution in [1.82, 2.24) is 4.98 Å². The van der Waals surface area contributed by atoms with Crippen LogP contribution >= 0.6 is 0 Å². The van der Waals surface area contributed by atoms with Gasteiger partial charge in [0.2, 0.25) is 0 Å². The third kappa shape index (κ3) is 2.16. The molecule has 1 N–H and O–H groups in total. The highest BCUT2D eigenvalue weighted by Gasteiger charge is 2.06. The normalized spacial score (nSPS) is 12.9. The Balaban J connectivity index is 2.42. The van der Waals surface area contributed by atoms with Crippen molar-refractivity contribution in [1.29, 1.82) is 0 Å². The topological polar surface area (TPSA) is 33.1 Å². The number of rotatable bonds is 3. The summed E-state index contributed by atoms with van der Waals surface area (Å²) in [7, 11) is 0. The summed E-state index contributed by atoms with van der Waals surface area (Å²) in [5.41, 5.74) is 2.27. The molecule has 0 spiro atoms. The van der Waals surface area contributed by atoms with Crippen molar-refractivity contribution in [2.24, 2.45) is 5.92 Å². The number of aromatic nitrogens is 1. The van der Waals surface area contributed by atoms with Crippen molar-refractivity contribution in [3.05, 3.63) is 42.1 Å². The van der Waals surface area contributed by atoms with Crippen LogP contribution < -0.4 is 0 Å². The molecule has 0 radical (unpaired) electrons. The van der Waals surface area contributed by atoms with Crippen molar-refractivity contribution < 1.29 is 5.11 Å².